The summed E-state index contributed by atoms with van der Waals surface area (Å²) in [5.74, 6) is 0.758. The largest absolute Gasteiger partial charge is 0.497 e. The predicted octanol–water partition coefficient (Wildman–Crippen LogP) is 6.27. The van der Waals surface area contributed by atoms with Gasteiger partial charge in [-0.1, -0.05) is 34.2 Å². The first kappa shape index (κ1) is 29.4. The molecule has 0 aliphatic rings. The maximum atomic E-state index is 14.8. The normalized spacial score (nSPS) is 10.7. The zero-order chi connectivity index (χ0) is 30.7. The highest BCUT2D eigenvalue weighted by atomic mass is 35.5. The standard InChI is InChI=1S/C28H24ClFN6O6S/c1-38-15-7-5-6-13(8-15)26(37)33-19-11-16(17(29)12-18(19)30)25-35-27(42-36-25)23-24(31)34-28(43-23)32-14-9-20(39-2)22(41-4)21(10-14)40-3/h5-12H,31H2,1-4H3,(H,32,34)(H,33,37). The van der Waals surface area contributed by atoms with Crippen molar-refractivity contribution in [3.8, 4) is 45.2 Å². The second-order valence-corrected chi connectivity index (χ2v) is 10.1. The Labute approximate surface area is 253 Å². The van der Waals surface area contributed by atoms with Gasteiger partial charge in [0.05, 0.1) is 39.1 Å². The predicted molar refractivity (Wildman–Crippen MR) is 161 cm³/mol. The van der Waals surface area contributed by atoms with Gasteiger partial charge in [0.25, 0.3) is 11.8 Å². The Morgan fingerprint density at radius 3 is 2.42 bits per heavy atom. The molecule has 0 aliphatic carbocycles. The molecule has 3 aromatic carbocycles. The lowest BCUT2D eigenvalue weighted by Gasteiger charge is -2.14. The third-order valence-electron chi connectivity index (χ3n) is 6.07. The number of methoxy groups -OCH3 is 4. The SMILES string of the molecule is COc1cccc(C(=O)Nc2cc(-c3noc(-c4sc(Nc5cc(OC)c(OC)c(OC)c5)nc4N)n3)c(Cl)cc2F)c1. The van der Waals surface area contributed by atoms with Crippen LogP contribution in [0.15, 0.2) is 53.1 Å². The van der Waals surface area contributed by atoms with Crippen LogP contribution in [-0.2, 0) is 0 Å². The number of carbonyl (C=O) groups is 1. The molecule has 4 N–H and O–H groups in total. The molecule has 2 heterocycles. The van der Waals surface area contributed by atoms with Crippen molar-refractivity contribution in [2.24, 2.45) is 0 Å². The summed E-state index contributed by atoms with van der Waals surface area (Å²) in [5.41, 5.74) is 7.13. The van der Waals surface area contributed by atoms with E-state index in [0.717, 1.165) is 17.4 Å². The third-order valence-corrected chi connectivity index (χ3v) is 7.35. The summed E-state index contributed by atoms with van der Waals surface area (Å²) in [6.07, 6.45) is 0. The van der Waals surface area contributed by atoms with Gasteiger partial charge in [-0.25, -0.2) is 9.37 Å². The van der Waals surface area contributed by atoms with Gasteiger partial charge in [-0.05, 0) is 30.3 Å². The molecule has 12 nitrogen and oxygen atoms in total. The number of nitrogen functional groups attached to an aromatic ring is 1. The number of halogens is 2. The molecule has 0 radical (unpaired) electrons. The van der Waals surface area contributed by atoms with Gasteiger partial charge >= 0.3 is 0 Å². The van der Waals surface area contributed by atoms with Crippen molar-refractivity contribution < 1.29 is 32.7 Å². The van der Waals surface area contributed by atoms with Gasteiger partial charge in [0.1, 0.15) is 22.3 Å². The first-order valence-electron chi connectivity index (χ1n) is 12.4. The van der Waals surface area contributed by atoms with Crippen LogP contribution in [0.1, 0.15) is 10.4 Å². The van der Waals surface area contributed by atoms with Crippen LogP contribution in [0.2, 0.25) is 5.02 Å². The summed E-state index contributed by atoms with van der Waals surface area (Å²) in [4.78, 5) is 21.9. The fraction of sp³-hybridized carbons (Fsp3) is 0.143. The van der Waals surface area contributed by atoms with E-state index in [2.05, 4.69) is 25.8 Å². The van der Waals surface area contributed by atoms with Crippen LogP contribution < -0.4 is 35.3 Å². The fourth-order valence-electron chi connectivity index (χ4n) is 4.02. The average Bonchev–Trinajstić information content (AvgIpc) is 3.64. The molecule has 5 rings (SSSR count). The highest BCUT2D eigenvalue weighted by Gasteiger charge is 2.22. The van der Waals surface area contributed by atoms with Crippen LogP contribution >= 0.6 is 22.9 Å². The number of nitrogens with zero attached hydrogens (tertiary/aromatic N) is 3. The minimum Gasteiger partial charge on any atom is -0.497 e. The third kappa shape index (κ3) is 6.10. The Hall–Kier alpha value is -5.08. The van der Waals surface area contributed by atoms with Crippen molar-refractivity contribution in [1.82, 2.24) is 15.1 Å². The molecule has 0 bridgehead atoms. The maximum absolute atomic E-state index is 14.8. The molecular formula is C28H24ClFN6O6S. The number of aromatic nitrogens is 3. The number of anilines is 4. The second kappa shape index (κ2) is 12.4. The molecule has 5 aromatic rings. The van der Waals surface area contributed by atoms with Crippen LogP contribution in [0.4, 0.5) is 26.7 Å². The van der Waals surface area contributed by atoms with Gasteiger partial charge < -0.3 is 39.8 Å². The Bertz CT molecular complexity index is 1790. The topological polar surface area (TPSA) is 156 Å². The zero-order valence-electron chi connectivity index (χ0n) is 23.2. The summed E-state index contributed by atoms with van der Waals surface area (Å²) in [6.45, 7) is 0. The summed E-state index contributed by atoms with van der Waals surface area (Å²) in [7, 11) is 6.02. The van der Waals surface area contributed by atoms with E-state index in [9.17, 15) is 9.18 Å². The number of benzene rings is 3. The Balaban J connectivity index is 1.40. The van der Waals surface area contributed by atoms with E-state index in [1.54, 1.807) is 30.3 Å². The molecule has 0 spiro atoms. The highest BCUT2D eigenvalue weighted by molar-refractivity contribution is 7.19. The molecule has 0 saturated carbocycles. The molecule has 222 valence electrons. The summed E-state index contributed by atoms with van der Waals surface area (Å²) in [5, 5.41) is 10.1. The van der Waals surface area contributed by atoms with Crippen molar-refractivity contribution in [1.29, 1.82) is 0 Å². The maximum Gasteiger partial charge on any atom is 0.272 e. The number of hydrogen-bond acceptors (Lipinski definition) is 12. The van der Waals surface area contributed by atoms with Crippen LogP contribution in [-0.4, -0.2) is 49.5 Å². The number of amides is 1. The van der Waals surface area contributed by atoms with Crippen molar-refractivity contribution in [3.63, 3.8) is 0 Å². The molecule has 0 saturated heterocycles. The van der Waals surface area contributed by atoms with Crippen LogP contribution in [0.3, 0.4) is 0 Å². The Kier molecular flexibility index (Phi) is 8.50. The van der Waals surface area contributed by atoms with E-state index in [1.165, 1.54) is 40.6 Å². The molecule has 0 unspecified atom stereocenters. The molecule has 0 fully saturated rings. The average molecular weight is 627 g/mol. The van der Waals surface area contributed by atoms with Gasteiger partial charge in [0.2, 0.25) is 11.6 Å². The lowest BCUT2D eigenvalue weighted by atomic mass is 10.1. The molecule has 1 amide bonds. The van der Waals surface area contributed by atoms with Crippen LogP contribution in [0.25, 0.3) is 22.2 Å². The van der Waals surface area contributed by atoms with E-state index >= 15 is 0 Å². The first-order valence-corrected chi connectivity index (χ1v) is 13.6. The van der Waals surface area contributed by atoms with Crippen LogP contribution in [0, 0.1) is 5.82 Å². The summed E-state index contributed by atoms with van der Waals surface area (Å²) >= 11 is 7.47. The molecule has 2 aromatic heterocycles. The first-order chi connectivity index (χ1) is 20.7. The van der Waals surface area contributed by atoms with Crippen molar-refractivity contribution in [2.75, 3.05) is 44.8 Å². The van der Waals surface area contributed by atoms with Gasteiger partial charge in [0.15, 0.2) is 16.6 Å². The zero-order valence-corrected chi connectivity index (χ0v) is 24.7. The minimum atomic E-state index is -0.747. The van der Waals surface area contributed by atoms with Gasteiger partial charge in [-0.15, -0.1) is 0 Å². The summed E-state index contributed by atoms with van der Waals surface area (Å²) in [6, 6.07) is 12.2. The van der Waals surface area contributed by atoms with E-state index in [1.807, 2.05) is 0 Å². The smallest absolute Gasteiger partial charge is 0.272 e. The van der Waals surface area contributed by atoms with E-state index in [-0.39, 0.29) is 39.4 Å². The summed E-state index contributed by atoms with van der Waals surface area (Å²) < 4.78 is 41.5. The van der Waals surface area contributed by atoms with Crippen LogP contribution in [0.5, 0.6) is 23.0 Å². The Morgan fingerprint density at radius 1 is 1.00 bits per heavy atom. The van der Waals surface area contributed by atoms with Gasteiger partial charge in [-0.2, -0.15) is 4.98 Å². The van der Waals surface area contributed by atoms with E-state index in [0.29, 0.717) is 38.7 Å². The number of rotatable bonds is 10. The van der Waals surface area contributed by atoms with E-state index in [4.69, 9.17) is 40.8 Å². The number of ether oxygens (including phenoxy) is 4. The molecule has 0 atom stereocenters. The molecule has 15 heteroatoms. The number of nitrogens with two attached hydrogens (primary N) is 1. The quantitative estimate of drug-likeness (QED) is 0.161. The fourth-order valence-corrected chi connectivity index (χ4v) is 5.08. The number of nitrogens with one attached hydrogen (secondary N) is 2. The lowest BCUT2D eigenvalue weighted by molar-refractivity contribution is 0.102. The van der Waals surface area contributed by atoms with Gasteiger partial charge in [0, 0.05) is 28.9 Å². The number of hydrogen-bond donors (Lipinski definition) is 3. The number of carbonyl (C=O) groups excluding carboxylic acids is 1. The Morgan fingerprint density at radius 2 is 1.74 bits per heavy atom. The molecular weight excluding hydrogens is 603 g/mol. The molecule has 0 aliphatic heterocycles. The molecule has 43 heavy (non-hydrogen) atoms. The number of thiazole rings is 1. The van der Waals surface area contributed by atoms with Crippen molar-refractivity contribution in [3.05, 3.63) is 64.9 Å². The van der Waals surface area contributed by atoms with Gasteiger partial charge in [-0.3, -0.25) is 4.79 Å². The minimum absolute atomic E-state index is 0.00580. The highest BCUT2D eigenvalue weighted by Crippen LogP contribution is 2.42. The van der Waals surface area contributed by atoms with Crippen molar-refractivity contribution in [2.45, 2.75) is 0 Å². The second-order valence-electron chi connectivity index (χ2n) is 8.69. The van der Waals surface area contributed by atoms with E-state index < -0.39 is 11.7 Å². The lowest BCUT2D eigenvalue weighted by Crippen LogP contribution is -2.13. The monoisotopic (exact) mass is 626 g/mol. The van der Waals surface area contributed by atoms with Crippen molar-refractivity contribution >= 4 is 51.2 Å².